The molecule has 0 radical (unpaired) electrons. The van der Waals surface area contributed by atoms with Gasteiger partial charge in [-0.05, 0) is 66.3 Å². The van der Waals surface area contributed by atoms with E-state index in [0.717, 1.165) is 30.2 Å². The van der Waals surface area contributed by atoms with Gasteiger partial charge < -0.3 is 25.0 Å². The molecule has 2 atom stereocenters. The molecule has 3 heterocycles. The van der Waals surface area contributed by atoms with Crippen molar-refractivity contribution in [3.8, 4) is 11.5 Å². The van der Waals surface area contributed by atoms with E-state index in [1.54, 1.807) is 48.5 Å². The molecule has 3 aliphatic heterocycles. The highest BCUT2D eigenvalue weighted by atomic mass is 32.2. The molecule has 220 valence electrons. The Kier molecular flexibility index (Phi) is 7.50. The Hall–Kier alpha value is -4.16. The van der Waals surface area contributed by atoms with Gasteiger partial charge in [0.2, 0.25) is 28.6 Å². The number of nitrogens with two attached hydrogens (primary N) is 1. The fraction of sp³-hybridized carbons (Fsp3) is 0.367. The van der Waals surface area contributed by atoms with Crippen LogP contribution in [-0.2, 0) is 26.0 Å². The summed E-state index contributed by atoms with van der Waals surface area (Å²) in [7, 11) is -4.04. The summed E-state index contributed by atoms with van der Waals surface area (Å²) < 4.78 is 40.2. The molecule has 12 heteroatoms. The van der Waals surface area contributed by atoms with Gasteiger partial charge >= 0.3 is 0 Å². The lowest BCUT2D eigenvalue weighted by atomic mass is 10.0. The van der Waals surface area contributed by atoms with Crippen molar-refractivity contribution in [1.29, 1.82) is 5.41 Å². The van der Waals surface area contributed by atoms with Crippen molar-refractivity contribution in [2.75, 3.05) is 26.4 Å². The van der Waals surface area contributed by atoms with Crippen LogP contribution >= 0.6 is 0 Å². The normalized spacial score (nSPS) is 19.3. The second-order valence-corrected chi connectivity index (χ2v) is 12.6. The largest absolute Gasteiger partial charge is 0.454 e. The second kappa shape index (κ2) is 11.3. The highest BCUT2D eigenvalue weighted by molar-refractivity contribution is 7.89. The van der Waals surface area contributed by atoms with Gasteiger partial charge in [-0.25, -0.2) is 8.42 Å². The van der Waals surface area contributed by atoms with E-state index in [2.05, 4.69) is 4.72 Å². The molecule has 0 saturated carbocycles. The van der Waals surface area contributed by atoms with Crippen LogP contribution in [0, 0.1) is 5.41 Å². The van der Waals surface area contributed by atoms with Crippen LogP contribution < -0.4 is 19.9 Å². The first-order valence-corrected chi connectivity index (χ1v) is 15.6. The first-order valence-electron chi connectivity index (χ1n) is 14.1. The van der Waals surface area contributed by atoms with Crippen molar-refractivity contribution >= 4 is 38.4 Å². The van der Waals surface area contributed by atoms with Crippen LogP contribution in [0.5, 0.6) is 11.5 Å². The molecular weight excluding hydrogens is 558 g/mol. The van der Waals surface area contributed by atoms with Crippen molar-refractivity contribution in [2.45, 2.75) is 49.1 Å². The summed E-state index contributed by atoms with van der Waals surface area (Å²) in [6.45, 7) is 1.64. The number of nitrogens with zero attached hydrogens (tertiary/aromatic N) is 2. The molecule has 3 aromatic rings. The first kappa shape index (κ1) is 28.0. The number of nitrogen functional groups attached to an aromatic ring is 1. The summed E-state index contributed by atoms with van der Waals surface area (Å²) in [6.07, 6.45) is 3.41. The topological polar surface area (TPSA) is 155 Å². The van der Waals surface area contributed by atoms with Gasteiger partial charge in [-0.15, -0.1) is 0 Å². The zero-order valence-electron chi connectivity index (χ0n) is 23.0. The molecule has 2 amide bonds. The molecule has 0 aliphatic carbocycles. The smallest absolute Gasteiger partial charge is 0.245 e. The molecule has 42 heavy (non-hydrogen) atoms. The van der Waals surface area contributed by atoms with Crippen molar-refractivity contribution in [3.63, 3.8) is 0 Å². The van der Waals surface area contributed by atoms with Gasteiger partial charge in [-0.3, -0.25) is 15.0 Å². The number of fused-ring (bicyclic) bond motifs is 2. The minimum atomic E-state index is -4.04. The maximum absolute atomic E-state index is 13.7. The number of ether oxygens (including phenoxy) is 2. The average molecular weight is 592 g/mol. The summed E-state index contributed by atoms with van der Waals surface area (Å²) in [6, 6.07) is 13.6. The SMILES string of the molecule is N=C(N)c1ccc(CC(C(=O)N2CCCCC2)N2CCC(NS(=O)(=O)c3ccc4cc5c(cc4c3)OCO5)C2=O)cc1. The molecular formula is C30H33N5O6S. The Morgan fingerprint density at radius 3 is 2.36 bits per heavy atom. The van der Waals surface area contributed by atoms with E-state index in [-0.39, 0.29) is 42.8 Å². The standard InChI is InChI=1S/C30H33N5O6S/c31-28(32)20-6-4-19(5-7-20)14-25(30(37)34-11-2-1-3-12-34)35-13-10-24(29(35)36)33-42(38,39)23-9-8-21-16-26-27(41-18-40-26)17-22(21)15-23/h4-9,15-17,24-25,33H,1-3,10-14,18H2,(H3,31,32). The third-order valence-corrected chi connectivity index (χ3v) is 9.64. The predicted molar refractivity (Wildman–Crippen MR) is 156 cm³/mol. The molecule has 2 fully saturated rings. The van der Waals surface area contributed by atoms with Gasteiger partial charge in [-0.2, -0.15) is 4.72 Å². The lowest BCUT2D eigenvalue weighted by Gasteiger charge is -2.34. The quantitative estimate of drug-likeness (QED) is 0.268. The average Bonchev–Trinajstić information content (AvgIpc) is 3.60. The maximum Gasteiger partial charge on any atom is 0.245 e. The maximum atomic E-state index is 13.7. The number of piperidine rings is 1. The Balaban J connectivity index is 1.22. The van der Waals surface area contributed by atoms with E-state index in [1.165, 1.54) is 11.0 Å². The summed E-state index contributed by atoms with van der Waals surface area (Å²) >= 11 is 0. The van der Waals surface area contributed by atoms with Crippen molar-refractivity contribution in [2.24, 2.45) is 5.73 Å². The van der Waals surface area contributed by atoms with E-state index < -0.39 is 28.0 Å². The molecule has 3 aromatic carbocycles. The van der Waals surface area contributed by atoms with Gasteiger partial charge in [0, 0.05) is 31.6 Å². The number of amides is 2. The van der Waals surface area contributed by atoms with E-state index >= 15 is 0 Å². The zero-order valence-corrected chi connectivity index (χ0v) is 23.9. The molecule has 2 unspecified atom stereocenters. The van der Waals surface area contributed by atoms with E-state index in [4.69, 9.17) is 20.6 Å². The molecule has 4 N–H and O–H groups in total. The summed E-state index contributed by atoms with van der Waals surface area (Å²) in [4.78, 5) is 30.8. The Bertz CT molecular complexity index is 1650. The van der Waals surface area contributed by atoms with Crippen molar-refractivity contribution in [1.82, 2.24) is 14.5 Å². The number of amidine groups is 1. The van der Waals surface area contributed by atoms with E-state index in [1.807, 2.05) is 4.90 Å². The molecule has 11 nitrogen and oxygen atoms in total. The van der Waals surface area contributed by atoms with E-state index in [0.29, 0.717) is 35.5 Å². The minimum Gasteiger partial charge on any atom is -0.454 e. The van der Waals surface area contributed by atoms with Gasteiger partial charge in [0.1, 0.15) is 17.9 Å². The number of rotatable bonds is 8. The second-order valence-electron chi connectivity index (χ2n) is 10.9. The van der Waals surface area contributed by atoms with Gasteiger partial charge in [-0.1, -0.05) is 30.3 Å². The van der Waals surface area contributed by atoms with Gasteiger partial charge in [0.05, 0.1) is 4.90 Å². The third kappa shape index (κ3) is 5.51. The van der Waals surface area contributed by atoms with E-state index in [9.17, 15) is 18.0 Å². The number of nitrogens with one attached hydrogen (secondary N) is 2. The Morgan fingerprint density at radius 1 is 0.976 bits per heavy atom. The number of hydrogen-bond acceptors (Lipinski definition) is 7. The molecule has 3 aliphatic rings. The number of sulfonamides is 1. The third-order valence-electron chi connectivity index (χ3n) is 8.17. The molecule has 6 rings (SSSR count). The molecule has 0 aromatic heterocycles. The van der Waals surface area contributed by atoms with Crippen LogP contribution in [-0.4, -0.2) is 74.4 Å². The molecule has 0 spiro atoms. The highest BCUT2D eigenvalue weighted by Crippen LogP contribution is 2.36. The fourth-order valence-electron chi connectivity index (χ4n) is 5.86. The van der Waals surface area contributed by atoms with Crippen LogP contribution in [0.4, 0.5) is 0 Å². The number of hydrogen-bond donors (Lipinski definition) is 3. The minimum absolute atomic E-state index is 0.0339. The number of carbonyl (C=O) groups excluding carboxylic acids is 2. The van der Waals surface area contributed by atoms with Gasteiger partial charge in [0.15, 0.2) is 11.5 Å². The summed E-state index contributed by atoms with van der Waals surface area (Å²) in [5, 5.41) is 9.11. The van der Waals surface area contributed by atoms with Crippen LogP contribution in [0.15, 0.2) is 59.5 Å². The van der Waals surface area contributed by atoms with Crippen LogP contribution in [0.2, 0.25) is 0 Å². The van der Waals surface area contributed by atoms with Gasteiger partial charge in [0.25, 0.3) is 0 Å². The monoisotopic (exact) mass is 591 g/mol. The number of carbonyl (C=O) groups is 2. The number of benzene rings is 3. The van der Waals surface area contributed by atoms with Crippen molar-refractivity contribution < 1.29 is 27.5 Å². The Morgan fingerprint density at radius 2 is 1.67 bits per heavy atom. The summed E-state index contributed by atoms with van der Waals surface area (Å²) in [5.74, 6) is 0.558. The zero-order chi connectivity index (χ0) is 29.4. The predicted octanol–water partition coefficient (Wildman–Crippen LogP) is 2.36. The highest BCUT2D eigenvalue weighted by Gasteiger charge is 2.42. The lowest BCUT2D eigenvalue weighted by molar-refractivity contribution is -0.144. The van der Waals surface area contributed by atoms with Crippen LogP contribution in [0.1, 0.15) is 36.8 Å². The lowest BCUT2D eigenvalue weighted by Crippen LogP contribution is -2.53. The summed E-state index contributed by atoms with van der Waals surface area (Å²) in [5.41, 5.74) is 6.98. The molecule has 2 saturated heterocycles. The number of likely N-dealkylation sites (tertiary alicyclic amines) is 2. The first-order chi connectivity index (χ1) is 20.2. The van der Waals surface area contributed by atoms with Crippen LogP contribution in [0.3, 0.4) is 0 Å². The fourth-order valence-corrected chi connectivity index (χ4v) is 7.12. The Labute approximate surface area is 244 Å². The molecule has 0 bridgehead atoms. The van der Waals surface area contributed by atoms with Crippen LogP contribution in [0.25, 0.3) is 10.8 Å². The van der Waals surface area contributed by atoms with Crippen molar-refractivity contribution in [3.05, 3.63) is 65.7 Å².